The number of nitrogens with zero attached hydrogens (tertiary/aromatic N) is 1. The Balaban J connectivity index is 1.77. The highest BCUT2D eigenvalue weighted by atomic mass is 16.4. The number of nitrogens with one attached hydrogen (secondary N) is 1. The lowest BCUT2D eigenvalue weighted by Gasteiger charge is -2.38. The van der Waals surface area contributed by atoms with Crippen LogP contribution in [0.3, 0.4) is 0 Å². The predicted octanol–water partition coefficient (Wildman–Crippen LogP) is 2.32. The van der Waals surface area contributed by atoms with E-state index in [0.29, 0.717) is 24.2 Å². The molecule has 0 aromatic heterocycles. The third-order valence-corrected chi connectivity index (χ3v) is 4.89. The molecule has 0 aromatic carbocycles. The van der Waals surface area contributed by atoms with Crippen LogP contribution < -0.4 is 5.32 Å². The minimum atomic E-state index is -0.788. The number of urea groups is 1. The molecule has 20 heavy (non-hydrogen) atoms. The van der Waals surface area contributed by atoms with E-state index in [4.69, 9.17) is 5.11 Å². The molecule has 2 aliphatic rings. The van der Waals surface area contributed by atoms with Crippen LogP contribution in [0.2, 0.25) is 0 Å². The van der Waals surface area contributed by atoms with Crippen molar-refractivity contribution in [1.29, 1.82) is 0 Å². The maximum absolute atomic E-state index is 12.1. The Kier molecular flexibility index (Phi) is 3.98. The molecule has 0 atom stereocenters. The second kappa shape index (κ2) is 5.26. The molecule has 0 radical (unpaired) electrons. The topological polar surface area (TPSA) is 69.6 Å². The number of piperidine rings is 1. The minimum absolute atomic E-state index is 0.107. The summed E-state index contributed by atoms with van der Waals surface area (Å²) >= 11 is 0. The van der Waals surface area contributed by atoms with Gasteiger partial charge in [0.2, 0.25) is 0 Å². The smallest absolute Gasteiger partial charge is 0.317 e. The molecule has 2 amide bonds. The molecule has 0 unspecified atom stereocenters. The van der Waals surface area contributed by atoms with Gasteiger partial charge in [-0.15, -0.1) is 0 Å². The number of hydrogen-bond donors (Lipinski definition) is 2. The van der Waals surface area contributed by atoms with Gasteiger partial charge in [-0.3, -0.25) is 4.79 Å². The van der Waals surface area contributed by atoms with E-state index in [1.807, 2.05) is 4.90 Å². The number of carboxylic acid groups (broad SMARTS) is 1. The summed E-state index contributed by atoms with van der Waals surface area (Å²) in [5, 5.41) is 11.9. The average Bonchev–Trinajstić information content (AvgIpc) is 3.16. The van der Waals surface area contributed by atoms with Crippen LogP contribution >= 0.6 is 0 Å². The van der Waals surface area contributed by atoms with Crippen LogP contribution in [0.1, 0.15) is 46.5 Å². The van der Waals surface area contributed by atoms with Gasteiger partial charge in [-0.05, 0) is 37.0 Å². The Bertz CT molecular complexity index is 388. The Labute approximate surface area is 120 Å². The van der Waals surface area contributed by atoms with Crippen LogP contribution in [0, 0.1) is 16.7 Å². The lowest BCUT2D eigenvalue weighted by atomic mass is 9.75. The van der Waals surface area contributed by atoms with E-state index in [0.717, 1.165) is 25.9 Å². The first-order chi connectivity index (χ1) is 9.24. The Morgan fingerprint density at radius 1 is 1.25 bits per heavy atom. The van der Waals surface area contributed by atoms with Gasteiger partial charge in [0.05, 0.1) is 5.41 Å². The fourth-order valence-corrected chi connectivity index (χ4v) is 2.92. The van der Waals surface area contributed by atoms with Gasteiger partial charge in [0, 0.05) is 19.6 Å². The first-order valence-corrected chi connectivity index (χ1v) is 7.51. The van der Waals surface area contributed by atoms with Gasteiger partial charge in [0.25, 0.3) is 0 Å². The first kappa shape index (κ1) is 15.1. The Hall–Kier alpha value is -1.26. The second-order valence-corrected chi connectivity index (χ2v) is 7.37. The van der Waals surface area contributed by atoms with Crippen LogP contribution in [0.15, 0.2) is 0 Å². The molecule has 1 aliphatic heterocycles. The number of aliphatic carboxylic acids is 1. The normalized spacial score (nSPS) is 22.4. The van der Waals surface area contributed by atoms with Crippen molar-refractivity contribution in [3.05, 3.63) is 0 Å². The zero-order valence-electron chi connectivity index (χ0n) is 12.7. The van der Waals surface area contributed by atoms with Crippen molar-refractivity contribution in [3.63, 3.8) is 0 Å². The number of carboxylic acids is 1. The number of carbonyl (C=O) groups excluding carboxylic acids is 1. The molecule has 0 aromatic rings. The van der Waals surface area contributed by atoms with Crippen LogP contribution in [0.5, 0.6) is 0 Å². The quantitative estimate of drug-likeness (QED) is 0.834. The number of likely N-dealkylation sites (tertiary alicyclic amines) is 1. The van der Waals surface area contributed by atoms with E-state index in [1.165, 1.54) is 0 Å². The van der Waals surface area contributed by atoms with E-state index < -0.39 is 11.4 Å². The molecule has 2 N–H and O–H groups in total. The van der Waals surface area contributed by atoms with Gasteiger partial charge in [0.15, 0.2) is 0 Å². The fraction of sp³-hybridized carbons (Fsp3) is 0.867. The zero-order chi connectivity index (χ0) is 15.0. The first-order valence-electron chi connectivity index (χ1n) is 7.51. The van der Waals surface area contributed by atoms with E-state index in [1.54, 1.807) is 0 Å². The van der Waals surface area contributed by atoms with Crippen molar-refractivity contribution in [2.45, 2.75) is 46.5 Å². The fourth-order valence-electron chi connectivity index (χ4n) is 2.92. The summed E-state index contributed by atoms with van der Waals surface area (Å²) in [5.74, 6) is -0.135. The van der Waals surface area contributed by atoms with Gasteiger partial charge in [0.1, 0.15) is 0 Å². The number of rotatable bonds is 3. The lowest BCUT2D eigenvalue weighted by Crippen LogP contribution is -2.47. The van der Waals surface area contributed by atoms with Gasteiger partial charge in [-0.2, -0.15) is 0 Å². The number of amides is 2. The molecule has 2 fully saturated rings. The molecular formula is C15H26N2O3. The average molecular weight is 282 g/mol. The number of carbonyl (C=O) groups is 2. The van der Waals surface area contributed by atoms with Crippen LogP contribution in [-0.2, 0) is 4.79 Å². The highest BCUT2D eigenvalue weighted by Crippen LogP contribution is 2.45. The summed E-state index contributed by atoms with van der Waals surface area (Å²) in [7, 11) is 0. The van der Waals surface area contributed by atoms with E-state index in [2.05, 4.69) is 26.1 Å². The summed E-state index contributed by atoms with van der Waals surface area (Å²) in [6, 6.07) is -0.107. The van der Waals surface area contributed by atoms with Crippen LogP contribution in [0.25, 0.3) is 0 Å². The molecule has 114 valence electrons. The van der Waals surface area contributed by atoms with E-state index in [-0.39, 0.29) is 12.6 Å². The maximum atomic E-state index is 12.1. The van der Waals surface area contributed by atoms with Crippen molar-refractivity contribution in [2.75, 3.05) is 19.6 Å². The number of hydrogen-bond acceptors (Lipinski definition) is 2. The zero-order valence-corrected chi connectivity index (χ0v) is 12.7. The van der Waals surface area contributed by atoms with Crippen molar-refractivity contribution in [1.82, 2.24) is 10.2 Å². The molecule has 5 heteroatoms. The van der Waals surface area contributed by atoms with Gasteiger partial charge < -0.3 is 15.3 Å². The summed E-state index contributed by atoms with van der Waals surface area (Å²) < 4.78 is 0. The highest BCUT2D eigenvalue weighted by molar-refractivity contribution is 5.80. The summed E-state index contributed by atoms with van der Waals surface area (Å²) in [6.07, 6.45) is 3.41. The van der Waals surface area contributed by atoms with Gasteiger partial charge >= 0.3 is 12.0 Å². The second-order valence-electron chi connectivity index (χ2n) is 7.37. The van der Waals surface area contributed by atoms with Crippen molar-refractivity contribution >= 4 is 12.0 Å². The SMILES string of the molecule is CC(C)(C)C1CCN(C(=O)NCC2(C(=O)O)CC2)CC1. The molecule has 5 nitrogen and oxygen atoms in total. The molecule has 1 aliphatic carbocycles. The summed E-state index contributed by atoms with van der Waals surface area (Å²) in [5.41, 5.74) is -0.386. The molecule has 0 spiro atoms. The molecule has 1 saturated heterocycles. The van der Waals surface area contributed by atoms with E-state index in [9.17, 15) is 9.59 Å². The van der Waals surface area contributed by atoms with Crippen molar-refractivity contribution in [2.24, 2.45) is 16.7 Å². The summed E-state index contributed by atoms with van der Waals surface area (Å²) in [4.78, 5) is 25.0. The Morgan fingerprint density at radius 3 is 2.20 bits per heavy atom. The van der Waals surface area contributed by atoms with Crippen LogP contribution in [-0.4, -0.2) is 41.6 Å². The van der Waals surface area contributed by atoms with Crippen molar-refractivity contribution in [3.8, 4) is 0 Å². The standard InChI is InChI=1S/C15H26N2O3/c1-14(2,3)11-4-8-17(9-5-11)13(20)16-10-15(6-7-15)12(18)19/h11H,4-10H2,1-3H3,(H,16,20)(H,18,19). The third kappa shape index (κ3) is 3.25. The Morgan fingerprint density at radius 2 is 1.80 bits per heavy atom. The van der Waals surface area contributed by atoms with Gasteiger partial charge in [-0.1, -0.05) is 20.8 Å². The molecule has 1 saturated carbocycles. The van der Waals surface area contributed by atoms with Gasteiger partial charge in [-0.25, -0.2) is 4.79 Å². The predicted molar refractivity (Wildman–Crippen MR) is 76.5 cm³/mol. The lowest BCUT2D eigenvalue weighted by molar-refractivity contribution is -0.143. The monoisotopic (exact) mass is 282 g/mol. The maximum Gasteiger partial charge on any atom is 0.317 e. The highest BCUT2D eigenvalue weighted by Gasteiger charge is 2.50. The molecule has 0 bridgehead atoms. The largest absolute Gasteiger partial charge is 0.481 e. The minimum Gasteiger partial charge on any atom is -0.481 e. The molecular weight excluding hydrogens is 256 g/mol. The third-order valence-electron chi connectivity index (χ3n) is 4.89. The molecule has 1 heterocycles. The molecule has 2 rings (SSSR count). The van der Waals surface area contributed by atoms with E-state index >= 15 is 0 Å². The summed E-state index contributed by atoms with van der Waals surface area (Å²) in [6.45, 7) is 8.55. The van der Waals surface area contributed by atoms with Crippen LogP contribution in [0.4, 0.5) is 4.79 Å². The van der Waals surface area contributed by atoms with Crippen molar-refractivity contribution < 1.29 is 14.7 Å².